The van der Waals surface area contributed by atoms with Crippen molar-refractivity contribution < 1.29 is 4.79 Å². The molecule has 0 aromatic carbocycles. The average molecular weight is 316 g/mol. The zero-order valence-corrected chi connectivity index (χ0v) is 13.0. The number of hydrogen-bond donors (Lipinski definition) is 2. The molecule has 1 amide bonds. The molecule has 23 heavy (non-hydrogen) atoms. The number of hydrogen-bond acceptors (Lipinski definition) is 4. The molecule has 1 aromatic heterocycles. The van der Waals surface area contributed by atoms with Crippen molar-refractivity contribution in [2.24, 2.45) is 23.2 Å². The van der Waals surface area contributed by atoms with Crippen LogP contribution in [0.2, 0.25) is 0 Å². The van der Waals surface area contributed by atoms with Crippen molar-refractivity contribution in [3.8, 4) is 0 Å². The lowest BCUT2D eigenvalue weighted by Gasteiger charge is -2.31. The minimum absolute atomic E-state index is 0.0624. The molecule has 0 spiro atoms. The normalized spacial score (nSPS) is 34.1. The van der Waals surface area contributed by atoms with E-state index in [2.05, 4.69) is 34.3 Å². The van der Waals surface area contributed by atoms with Crippen LogP contribution in [0.1, 0.15) is 25.5 Å². The van der Waals surface area contributed by atoms with Gasteiger partial charge in [-0.25, -0.2) is 9.89 Å². The molecule has 2 bridgehead atoms. The molecule has 4 rings (SSSR count). The number of nitrogens with one attached hydrogen (secondary N) is 2. The van der Waals surface area contributed by atoms with E-state index in [-0.39, 0.29) is 29.9 Å². The van der Waals surface area contributed by atoms with Crippen molar-refractivity contribution in [2.75, 3.05) is 13.1 Å². The lowest BCUT2D eigenvalue weighted by molar-refractivity contribution is -0.130. The second-order valence-electron chi connectivity index (χ2n) is 7.23. The number of fused-ring (bicyclic) bond motifs is 5. The number of aromatic nitrogens is 3. The highest BCUT2D eigenvalue weighted by Gasteiger charge is 2.57. The number of allylic oxidation sites excluding steroid dienone is 2. The van der Waals surface area contributed by atoms with Gasteiger partial charge in [-0.3, -0.25) is 14.6 Å². The van der Waals surface area contributed by atoms with Gasteiger partial charge in [0.1, 0.15) is 5.69 Å². The number of carbonyl (C=O) groups is 1. The fourth-order valence-corrected chi connectivity index (χ4v) is 4.69. The Kier molecular flexibility index (Phi) is 3.08. The molecule has 7 nitrogen and oxygen atoms in total. The maximum Gasteiger partial charge on any atom is 0.342 e. The van der Waals surface area contributed by atoms with Crippen LogP contribution in [-0.2, 0) is 11.2 Å². The summed E-state index contributed by atoms with van der Waals surface area (Å²) in [5.41, 5.74) is -0.740. The molecular weight excluding hydrogens is 296 g/mol. The molecule has 1 aliphatic heterocycles. The van der Waals surface area contributed by atoms with Crippen LogP contribution >= 0.6 is 0 Å². The zero-order valence-electron chi connectivity index (χ0n) is 13.0. The fourth-order valence-electron chi connectivity index (χ4n) is 4.69. The van der Waals surface area contributed by atoms with Crippen LogP contribution in [0.4, 0.5) is 0 Å². The van der Waals surface area contributed by atoms with Gasteiger partial charge in [0.2, 0.25) is 5.91 Å². The van der Waals surface area contributed by atoms with Gasteiger partial charge < -0.3 is 4.90 Å². The Bertz CT molecular complexity index is 795. The molecule has 4 atom stereocenters. The Labute approximate surface area is 132 Å². The summed E-state index contributed by atoms with van der Waals surface area (Å²) in [6.07, 6.45) is 6.36. The second-order valence-corrected chi connectivity index (χ2v) is 7.23. The highest BCUT2D eigenvalue weighted by atomic mass is 16.2. The molecule has 2 aliphatic carbocycles. The van der Waals surface area contributed by atoms with E-state index in [9.17, 15) is 14.4 Å². The quantitative estimate of drug-likeness (QED) is 0.770. The smallest absolute Gasteiger partial charge is 0.342 e. The van der Waals surface area contributed by atoms with E-state index in [1.807, 2.05) is 4.90 Å². The van der Waals surface area contributed by atoms with Gasteiger partial charge in [-0.1, -0.05) is 19.1 Å². The number of H-pyrrole nitrogens is 2. The van der Waals surface area contributed by atoms with Gasteiger partial charge in [-0.2, -0.15) is 5.10 Å². The maximum absolute atomic E-state index is 12.5. The second kappa shape index (κ2) is 4.91. The van der Waals surface area contributed by atoms with Gasteiger partial charge in [-0.05, 0) is 29.6 Å². The van der Waals surface area contributed by atoms with E-state index < -0.39 is 11.2 Å². The van der Waals surface area contributed by atoms with Gasteiger partial charge in [0.25, 0.3) is 5.56 Å². The van der Waals surface area contributed by atoms with E-state index in [0.717, 1.165) is 13.1 Å². The first-order valence-corrected chi connectivity index (χ1v) is 8.11. The number of aryl methyl sites for hydroxylation is 1. The number of amides is 1. The molecule has 2 N–H and O–H groups in total. The largest absolute Gasteiger partial charge is 0.342 e. The molecule has 3 aliphatic rings. The molecule has 1 saturated carbocycles. The van der Waals surface area contributed by atoms with Gasteiger partial charge in [0.15, 0.2) is 0 Å². The van der Waals surface area contributed by atoms with Crippen LogP contribution in [0.5, 0.6) is 0 Å². The third-order valence-corrected chi connectivity index (χ3v) is 5.99. The third kappa shape index (κ3) is 2.17. The van der Waals surface area contributed by atoms with Crippen molar-refractivity contribution in [3.63, 3.8) is 0 Å². The molecule has 1 saturated heterocycles. The molecule has 2 fully saturated rings. The van der Waals surface area contributed by atoms with E-state index in [0.29, 0.717) is 17.8 Å². The molecule has 7 heteroatoms. The monoisotopic (exact) mass is 316 g/mol. The summed E-state index contributed by atoms with van der Waals surface area (Å²) >= 11 is 0. The highest BCUT2D eigenvalue weighted by molar-refractivity contribution is 5.77. The minimum atomic E-state index is -0.631. The van der Waals surface area contributed by atoms with Gasteiger partial charge in [0.05, 0.1) is 0 Å². The molecule has 0 radical (unpaired) electrons. The summed E-state index contributed by atoms with van der Waals surface area (Å²) < 4.78 is 0. The van der Waals surface area contributed by atoms with Crippen molar-refractivity contribution in [1.82, 2.24) is 20.1 Å². The first-order valence-electron chi connectivity index (χ1n) is 8.11. The average Bonchev–Trinajstić information content (AvgIpc) is 3.16. The Morgan fingerprint density at radius 2 is 2.26 bits per heavy atom. The Morgan fingerprint density at radius 3 is 3.00 bits per heavy atom. The Balaban J connectivity index is 1.41. The van der Waals surface area contributed by atoms with Crippen molar-refractivity contribution in [3.05, 3.63) is 38.7 Å². The summed E-state index contributed by atoms with van der Waals surface area (Å²) in [5, 5.41) is 5.92. The number of nitrogens with zero attached hydrogens (tertiary/aromatic N) is 2. The lowest BCUT2D eigenvalue weighted by atomic mass is 9.72. The van der Waals surface area contributed by atoms with Crippen molar-refractivity contribution >= 4 is 5.91 Å². The maximum atomic E-state index is 12.5. The predicted molar refractivity (Wildman–Crippen MR) is 82.7 cm³/mol. The number of carbonyl (C=O) groups excluding carboxylic acids is 1. The molecular formula is C16H20N4O3. The Morgan fingerprint density at radius 1 is 1.43 bits per heavy atom. The SMILES string of the molecule is C[C@]12CN(C(=O)CCc3n[nH]c(=O)[nH]c3=O)C[C@H]1[C@H]1C=C[C@@H]2C1. The van der Waals surface area contributed by atoms with Crippen LogP contribution in [0.3, 0.4) is 0 Å². The van der Waals surface area contributed by atoms with E-state index >= 15 is 0 Å². The molecule has 122 valence electrons. The first kappa shape index (κ1) is 14.4. The third-order valence-electron chi connectivity index (χ3n) is 5.99. The summed E-state index contributed by atoms with van der Waals surface area (Å²) in [4.78, 5) is 39.1. The first-order chi connectivity index (χ1) is 11.0. The summed E-state index contributed by atoms with van der Waals surface area (Å²) in [7, 11) is 0. The summed E-state index contributed by atoms with van der Waals surface area (Å²) in [6.45, 7) is 3.92. The Hall–Kier alpha value is -2.18. The van der Waals surface area contributed by atoms with E-state index in [4.69, 9.17) is 0 Å². The topological polar surface area (TPSA) is 98.9 Å². The minimum Gasteiger partial charge on any atom is -0.342 e. The van der Waals surface area contributed by atoms with Crippen LogP contribution in [-0.4, -0.2) is 39.1 Å². The summed E-state index contributed by atoms with van der Waals surface area (Å²) in [6, 6.07) is 0. The van der Waals surface area contributed by atoms with Crippen molar-refractivity contribution in [1.29, 1.82) is 0 Å². The zero-order chi connectivity index (χ0) is 16.2. The van der Waals surface area contributed by atoms with Crippen LogP contribution in [0, 0.1) is 23.2 Å². The predicted octanol–water partition coefficient (Wildman–Crippen LogP) is 0.0614. The standard InChI is InChI=1S/C16H20N4O3/c1-16-8-20(7-11(16)9-2-3-10(16)6-9)13(21)5-4-12-14(22)17-15(23)19-18-12/h2-3,9-11H,4-8H2,1H3,(H2,17,19,22,23)/t9-,10+,11-,16+/m0/s1. The fraction of sp³-hybridized carbons (Fsp3) is 0.625. The van der Waals surface area contributed by atoms with Gasteiger partial charge in [0, 0.05) is 25.9 Å². The van der Waals surface area contributed by atoms with Crippen LogP contribution < -0.4 is 11.2 Å². The van der Waals surface area contributed by atoms with Crippen LogP contribution in [0.25, 0.3) is 0 Å². The number of likely N-dealkylation sites (tertiary alicyclic amines) is 1. The van der Waals surface area contributed by atoms with E-state index in [1.165, 1.54) is 6.42 Å². The van der Waals surface area contributed by atoms with E-state index in [1.54, 1.807) is 0 Å². The lowest BCUT2D eigenvalue weighted by Crippen LogP contribution is -2.34. The van der Waals surface area contributed by atoms with Gasteiger partial charge >= 0.3 is 5.69 Å². The van der Waals surface area contributed by atoms with Gasteiger partial charge in [-0.15, -0.1) is 0 Å². The molecule has 1 aromatic rings. The number of rotatable bonds is 3. The number of aromatic amines is 2. The highest BCUT2D eigenvalue weighted by Crippen LogP contribution is 2.59. The van der Waals surface area contributed by atoms with Crippen molar-refractivity contribution in [2.45, 2.75) is 26.2 Å². The summed E-state index contributed by atoms with van der Waals surface area (Å²) in [5.74, 6) is 1.84. The molecule has 2 heterocycles. The molecule has 0 unspecified atom stereocenters. The van der Waals surface area contributed by atoms with Crippen LogP contribution in [0.15, 0.2) is 21.7 Å².